The molecule has 190 valence electrons. The summed E-state index contributed by atoms with van der Waals surface area (Å²) in [5.41, 5.74) is 0.277. The van der Waals surface area contributed by atoms with E-state index in [1.165, 1.54) is 15.8 Å². The van der Waals surface area contributed by atoms with E-state index in [-0.39, 0.29) is 17.6 Å². The number of sulfonamides is 1. The van der Waals surface area contributed by atoms with Crippen LogP contribution in [0, 0.1) is 0 Å². The first-order valence-electron chi connectivity index (χ1n) is 12.4. The average molecular weight is 504 g/mol. The molecule has 2 aromatic heterocycles. The third kappa shape index (κ3) is 5.13. The van der Waals surface area contributed by atoms with Gasteiger partial charge >= 0.3 is 0 Å². The lowest BCUT2D eigenvalue weighted by molar-refractivity contribution is 0.0267. The highest BCUT2D eigenvalue weighted by Gasteiger charge is 2.39. The van der Waals surface area contributed by atoms with E-state index in [4.69, 9.17) is 4.74 Å². The number of nitrogens with zero attached hydrogens (tertiary/aromatic N) is 4. The van der Waals surface area contributed by atoms with E-state index in [0.717, 1.165) is 23.8 Å². The van der Waals surface area contributed by atoms with Gasteiger partial charge in [0.25, 0.3) is 5.56 Å². The molecular formula is C24H33N5O5S. The van der Waals surface area contributed by atoms with E-state index in [2.05, 4.69) is 15.3 Å². The Balaban J connectivity index is 1.30. The van der Waals surface area contributed by atoms with Crippen molar-refractivity contribution >= 4 is 27.0 Å². The maximum atomic E-state index is 12.8. The molecule has 11 heteroatoms. The number of nitrogens with one attached hydrogen (secondary N) is 1. The highest BCUT2D eigenvalue weighted by molar-refractivity contribution is 7.92. The van der Waals surface area contributed by atoms with Crippen LogP contribution in [0.25, 0.3) is 11.0 Å². The number of hydrogen-bond acceptors (Lipinski definition) is 8. The summed E-state index contributed by atoms with van der Waals surface area (Å²) in [6.07, 6.45) is 6.48. The van der Waals surface area contributed by atoms with Gasteiger partial charge < -0.3 is 15.2 Å². The molecule has 10 nitrogen and oxygen atoms in total. The van der Waals surface area contributed by atoms with Gasteiger partial charge in [-0.05, 0) is 57.9 Å². The minimum Gasteiger partial charge on any atom is -0.388 e. The Morgan fingerprint density at radius 1 is 1.20 bits per heavy atom. The lowest BCUT2D eigenvalue weighted by Crippen LogP contribution is -2.42. The number of aliphatic hydroxyl groups is 1. The molecule has 2 aliphatic heterocycles. The van der Waals surface area contributed by atoms with Gasteiger partial charge in [0.15, 0.2) is 0 Å². The van der Waals surface area contributed by atoms with Crippen LogP contribution in [0.1, 0.15) is 57.9 Å². The molecule has 1 saturated carbocycles. The molecule has 2 N–H and O–H groups in total. The Morgan fingerprint density at radius 2 is 1.94 bits per heavy atom. The van der Waals surface area contributed by atoms with Crippen molar-refractivity contribution in [3.8, 4) is 0 Å². The SMILES string of the molecule is C[C@@]1(O)CCC[C@H]1n1c(=O)ccc2cnc(NC3CCN(S(=O)(=O)C=C4CCOCC4)CC3)nc21. The van der Waals surface area contributed by atoms with Crippen molar-refractivity contribution in [3.63, 3.8) is 0 Å². The monoisotopic (exact) mass is 503 g/mol. The molecule has 5 rings (SSSR count). The highest BCUT2D eigenvalue weighted by atomic mass is 32.2. The van der Waals surface area contributed by atoms with Gasteiger partial charge in [-0.15, -0.1) is 0 Å². The molecule has 0 aromatic carbocycles. The summed E-state index contributed by atoms with van der Waals surface area (Å²) < 4.78 is 34.1. The first kappa shape index (κ1) is 24.4. The Morgan fingerprint density at radius 3 is 2.63 bits per heavy atom. The number of pyridine rings is 1. The topological polar surface area (TPSA) is 127 Å². The summed E-state index contributed by atoms with van der Waals surface area (Å²) >= 11 is 0. The van der Waals surface area contributed by atoms with Gasteiger partial charge in [-0.3, -0.25) is 9.36 Å². The summed E-state index contributed by atoms with van der Waals surface area (Å²) in [4.78, 5) is 21.9. The maximum absolute atomic E-state index is 12.8. The molecule has 2 saturated heterocycles. The Hall–Kier alpha value is -2.34. The molecule has 2 atom stereocenters. The van der Waals surface area contributed by atoms with Crippen molar-refractivity contribution in [2.24, 2.45) is 0 Å². The van der Waals surface area contributed by atoms with Gasteiger partial charge in [-0.25, -0.2) is 13.4 Å². The average Bonchev–Trinajstić information content (AvgIpc) is 3.18. The summed E-state index contributed by atoms with van der Waals surface area (Å²) in [6, 6.07) is 2.89. The van der Waals surface area contributed by atoms with Crippen LogP contribution in [0.3, 0.4) is 0 Å². The fourth-order valence-electron chi connectivity index (χ4n) is 5.42. The minimum atomic E-state index is -3.44. The first-order valence-corrected chi connectivity index (χ1v) is 13.9. The molecule has 0 spiro atoms. The van der Waals surface area contributed by atoms with E-state index in [9.17, 15) is 18.3 Å². The third-order valence-electron chi connectivity index (χ3n) is 7.45. The Kier molecular flexibility index (Phi) is 6.69. The fraction of sp³-hybridized carbons (Fsp3) is 0.625. The second-order valence-electron chi connectivity index (χ2n) is 10.0. The van der Waals surface area contributed by atoms with Crippen LogP contribution < -0.4 is 10.9 Å². The van der Waals surface area contributed by atoms with Gasteiger partial charge in [-0.1, -0.05) is 5.57 Å². The Bertz CT molecular complexity index is 1270. The number of piperidine rings is 1. The molecule has 2 aromatic rings. The lowest BCUT2D eigenvalue weighted by atomic mass is 10.00. The zero-order valence-corrected chi connectivity index (χ0v) is 20.8. The molecule has 0 bridgehead atoms. The largest absolute Gasteiger partial charge is 0.388 e. The molecule has 0 amide bonds. The number of rotatable bonds is 5. The number of ether oxygens (including phenoxy) is 1. The fourth-order valence-corrected chi connectivity index (χ4v) is 6.95. The molecule has 3 aliphatic rings. The number of anilines is 1. The predicted molar refractivity (Wildman–Crippen MR) is 133 cm³/mol. The third-order valence-corrected chi connectivity index (χ3v) is 9.17. The van der Waals surface area contributed by atoms with E-state index >= 15 is 0 Å². The van der Waals surface area contributed by atoms with Crippen molar-refractivity contribution in [2.45, 2.75) is 69.6 Å². The van der Waals surface area contributed by atoms with E-state index < -0.39 is 15.6 Å². The van der Waals surface area contributed by atoms with Crippen LogP contribution in [0.2, 0.25) is 0 Å². The smallest absolute Gasteiger partial charge is 0.252 e. The quantitative estimate of drug-likeness (QED) is 0.636. The van der Waals surface area contributed by atoms with Gasteiger partial charge in [0, 0.05) is 42.2 Å². The molecule has 3 fully saturated rings. The van der Waals surface area contributed by atoms with Gasteiger partial charge in [0.2, 0.25) is 16.0 Å². The standard InChI is InChI=1S/C24H33N5O5S/c1-24(31)10-2-3-20(24)29-21(30)5-4-18-15-25-23(27-22(18)29)26-19-6-11-28(12-7-19)35(32,33)16-17-8-13-34-14-9-17/h4-5,15-16,19-20,31H,2-3,6-14H2,1H3,(H,25,26,27)/t20-,24-/m1/s1. The normalized spacial score (nSPS) is 26.8. The van der Waals surface area contributed by atoms with Crippen LogP contribution in [0.15, 0.2) is 34.1 Å². The van der Waals surface area contributed by atoms with Gasteiger partial charge in [0.05, 0.1) is 24.9 Å². The highest BCUT2D eigenvalue weighted by Crippen LogP contribution is 2.39. The van der Waals surface area contributed by atoms with Crippen LogP contribution in [0.5, 0.6) is 0 Å². The molecule has 35 heavy (non-hydrogen) atoms. The van der Waals surface area contributed by atoms with Crippen LogP contribution in [0.4, 0.5) is 5.95 Å². The minimum absolute atomic E-state index is 0.0214. The first-order chi connectivity index (χ1) is 16.7. The Labute approximate surface area is 205 Å². The number of aromatic nitrogens is 3. The van der Waals surface area contributed by atoms with Crippen molar-refractivity contribution in [3.05, 3.63) is 39.7 Å². The van der Waals surface area contributed by atoms with Crippen molar-refractivity contribution in [2.75, 3.05) is 31.6 Å². The molecule has 0 radical (unpaired) electrons. The van der Waals surface area contributed by atoms with Crippen molar-refractivity contribution in [1.82, 2.24) is 18.8 Å². The van der Waals surface area contributed by atoms with Crippen molar-refractivity contribution in [1.29, 1.82) is 0 Å². The van der Waals surface area contributed by atoms with Gasteiger partial charge in [0.1, 0.15) is 5.65 Å². The molecule has 0 unspecified atom stereocenters. The predicted octanol–water partition coefficient (Wildman–Crippen LogP) is 2.17. The summed E-state index contributed by atoms with van der Waals surface area (Å²) in [5, 5.41) is 16.3. The lowest BCUT2D eigenvalue weighted by Gasteiger charge is -2.31. The number of hydrogen-bond donors (Lipinski definition) is 2. The maximum Gasteiger partial charge on any atom is 0.252 e. The molecule has 4 heterocycles. The van der Waals surface area contributed by atoms with Crippen molar-refractivity contribution < 1.29 is 18.3 Å². The summed E-state index contributed by atoms with van der Waals surface area (Å²) in [6.45, 7) is 3.76. The summed E-state index contributed by atoms with van der Waals surface area (Å²) in [7, 11) is -3.44. The molecule has 1 aliphatic carbocycles. The van der Waals surface area contributed by atoms with Crippen LogP contribution in [-0.2, 0) is 14.8 Å². The zero-order chi connectivity index (χ0) is 24.6. The molecular weight excluding hydrogens is 470 g/mol. The van der Waals surface area contributed by atoms with E-state index in [0.29, 0.717) is 70.0 Å². The van der Waals surface area contributed by atoms with Crippen LogP contribution >= 0.6 is 0 Å². The van der Waals surface area contributed by atoms with E-state index in [1.54, 1.807) is 23.8 Å². The van der Waals surface area contributed by atoms with Gasteiger partial charge in [-0.2, -0.15) is 9.29 Å². The number of fused-ring (bicyclic) bond motifs is 1. The van der Waals surface area contributed by atoms with Crippen LogP contribution in [-0.4, -0.2) is 70.3 Å². The second kappa shape index (κ2) is 9.61. The zero-order valence-electron chi connectivity index (χ0n) is 20.0. The van der Waals surface area contributed by atoms with E-state index in [1.807, 2.05) is 0 Å². The summed E-state index contributed by atoms with van der Waals surface area (Å²) in [5.74, 6) is 0.403. The second-order valence-corrected chi connectivity index (χ2v) is 11.8.